The van der Waals surface area contributed by atoms with E-state index in [0.29, 0.717) is 0 Å². The van der Waals surface area contributed by atoms with Crippen LogP contribution in [-0.2, 0) is 16.4 Å². The number of hydrogen-bond donors (Lipinski definition) is 1. The van der Waals surface area contributed by atoms with Crippen LogP contribution in [0.4, 0.5) is 0 Å². The molecule has 162 valence electrons. The van der Waals surface area contributed by atoms with E-state index in [2.05, 4.69) is 42.5 Å². The highest BCUT2D eigenvalue weighted by molar-refractivity contribution is 8.11. The van der Waals surface area contributed by atoms with Gasteiger partial charge in [-0.3, -0.25) is 4.21 Å². The lowest BCUT2D eigenvalue weighted by atomic mass is 9.94. The number of fused-ring (bicyclic) bond motifs is 7. The molecule has 1 aliphatic heterocycles. The summed E-state index contributed by atoms with van der Waals surface area (Å²) >= 11 is 1.52. The maximum Gasteiger partial charge on any atom is 0.122 e. The van der Waals surface area contributed by atoms with Gasteiger partial charge in [-0.25, -0.2) is 0 Å². The first kappa shape index (κ1) is 20.7. The molecule has 1 aliphatic rings. The summed E-state index contributed by atoms with van der Waals surface area (Å²) in [7, 11) is -1.45. The van der Waals surface area contributed by atoms with Gasteiger partial charge < -0.3 is 5.11 Å². The van der Waals surface area contributed by atoms with Crippen molar-refractivity contribution in [1.29, 1.82) is 0 Å². The molecule has 0 saturated heterocycles. The monoisotopic (exact) mass is 466 g/mol. The van der Waals surface area contributed by atoms with Gasteiger partial charge in [-0.05, 0) is 46.2 Å². The fourth-order valence-electron chi connectivity index (χ4n) is 4.79. The SMILES string of the molecule is C[C@@](O)(c1ccccc1)C1Sc2ccc3ccccc3c2-c2c(ccc3ccccc23)S1=O. The summed E-state index contributed by atoms with van der Waals surface area (Å²) in [6, 6.07) is 34.5. The summed E-state index contributed by atoms with van der Waals surface area (Å²) in [5.74, 6) is 0. The topological polar surface area (TPSA) is 37.3 Å². The largest absolute Gasteiger partial charge is 0.383 e. The van der Waals surface area contributed by atoms with Gasteiger partial charge in [-0.15, -0.1) is 11.8 Å². The maximum atomic E-state index is 14.2. The van der Waals surface area contributed by atoms with Gasteiger partial charge in [0.2, 0.25) is 0 Å². The van der Waals surface area contributed by atoms with E-state index in [1.165, 1.54) is 11.8 Å². The zero-order chi connectivity index (χ0) is 22.6. The Morgan fingerprint density at radius 3 is 2.00 bits per heavy atom. The van der Waals surface area contributed by atoms with E-state index >= 15 is 0 Å². The number of rotatable bonds is 2. The minimum Gasteiger partial charge on any atom is -0.383 e. The molecule has 2 unspecified atom stereocenters. The van der Waals surface area contributed by atoms with Gasteiger partial charge in [0, 0.05) is 20.9 Å². The summed E-state index contributed by atoms with van der Waals surface area (Å²) in [5, 5.41) is 16.3. The zero-order valence-electron chi connectivity index (χ0n) is 18.1. The molecule has 0 fully saturated rings. The summed E-state index contributed by atoms with van der Waals surface area (Å²) in [4.78, 5) is 1.82. The van der Waals surface area contributed by atoms with Crippen LogP contribution in [0, 0.1) is 0 Å². The van der Waals surface area contributed by atoms with E-state index in [1.54, 1.807) is 6.92 Å². The first-order valence-corrected chi connectivity index (χ1v) is 13.0. The second-order valence-electron chi connectivity index (χ2n) is 8.58. The van der Waals surface area contributed by atoms with E-state index < -0.39 is 21.0 Å². The molecule has 1 N–H and O–H groups in total. The van der Waals surface area contributed by atoms with E-state index in [4.69, 9.17) is 0 Å². The summed E-state index contributed by atoms with van der Waals surface area (Å²) in [6.07, 6.45) is 0. The summed E-state index contributed by atoms with van der Waals surface area (Å²) in [5.41, 5.74) is 1.59. The molecular weight excluding hydrogens is 444 g/mol. The zero-order valence-corrected chi connectivity index (χ0v) is 19.7. The standard InChI is InChI=1S/C29H22O2S2/c1-29(30,21-11-3-2-4-12-21)28-32-24-17-15-19-9-5-7-13-22(19)26(24)27-23-14-8-6-10-20(23)16-18-25(27)33(28)31/h2-18,28,30H,1H3/t28?,29-,33?/m1/s1. The quantitative estimate of drug-likeness (QED) is 0.301. The summed E-state index contributed by atoms with van der Waals surface area (Å²) < 4.78 is 13.7. The van der Waals surface area contributed by atoms with Gasteiger partial charge in [0.05, 0.1) is 10.8 Å². The Kier molecular flexibility index (Phi) is 4.91. The van der Waals surface area contributed by atoms with Gasteiger partial charge in [-0.2, -0.15) is 0 Å². The predicted octanol–water partition coefficient (Wildman–Crippen LogP) is 7.11. The number of benzene rings is 5. The highest BCUT2D eigenvalue weighted by atomic mass is 32.2. The van der Waals surface area contributed by atoms with Gasteiger partial charge in [0.1, 0.15) is 10.2 Å². The molecule has 3 atom stereocenters. The van der Waals surface area contributed by atoms with Crippen molar-refractivity contribution in [2.45, 2.75) is 26.9 Å². The van der Waals surface area contributed by atoms with Crippen molar-refractivity contribution in [3.8, 4) is 11.1 Å². The highest BCUT2D eigenvalue weighted by Gasteiger charge is 2.42. The molecule has 0 amide bonds. The molecule has 0 radical (unpaired) electrons. The third kappa shape index (κ3) is 3.24. The molecule has 2 nitrogen and oxygen atoms in total. The Morgan fingerprint density at radius 2 is 1.30 bits per heavy atom. The minimum atomic E-state index is -1.45. The average molecular weight is 467 g/mol. The Hall–Kier alpha value is -2.92. The maximum absolute atomic E-state index is 14.2. The Morgan fingerprint density at radius 1 is 0.727 bits per heavy atom. The fourth-order valence-corrected chi connectivity index (χ4v) is 8.24. The van der Waals surface area contributed by atoms with E-state index in [-0.39, 0.29) is 0 Å². The predicted molar refractivity (Wildman–Crippen MR) is 139 cm³/mol. The van der Waals surface area contributed by atoms with Crippen molar-refractivity contribution >= 4 is 44.1 Å². The first-order valence-electron chi connectivity index (χ1n) is 10.9. The molecule has 5 aromatic carbocycles. The van der Waals surface area contributed by atoms with Crippen molar-refractivity contribution in [2.75, 3.05) is 0 Å². The molecule has 5 aromatic rings. The molecule has 0 bridgehead atoms. The van der Waals surface area contributed by atoms with E-state index in [1.807, 2.05) is 60.7 Å². The van der Waals surface area contributed by atoms with Crippen LogP contribution in [-0.4, -0.2) is 13.9 Å². The lowest BCUT2D eigenvalue weighted by Crippen LogP contribution is -2.37. The smallest absolute Gasteiger partial charge is 0.122 e. The van der Waals surface area contributed by atoms with Gasteiger partial charge in [-0.1, -0.05) is 91.0 Å². The normalized spacial score (nSPS) is 19.5. The Bertz CT molecular complexity index is 1540. The molecule has 0 spiro atoms. The number of thioether (sulfide) groups is 1. The lowest BCUT2D eigenvalue weighted by Gasteiger charge is -2.31. The van der Waals surface area contributed by atoms with E-state index in [9.17, 15) is 9.32 Å². The van der Waals surface area contributed by atoms with Crippen LogP contribution in [0.2, 0.25) is 0 Å². The van der Waals surface area contributed by atoms with Crippen molar-refractivity contribution in [1.82, 2.24) is 0 Å². The molecule has 6 rings (SSSR count). The Labute approximate surface area is 199 Å². The lowest BCUT2D eigenvalue weighted by molar-refractivity contribution is 0.0745. The number of aliphatic hydroxyl groups is 1. The van der Waals surface area contributed by atoms with Crippen molar-refractivity contribution in [2.24, 2.45) is 0 Å². The second kappa shape index (κ2) is 7.84. The van der Waals surface area contributed by atoms with Crippen molar-refractivity contribution < 1.29 is 9.32 Å². The van der Waals surface area contributed by atoms with Crippen LogP contribution in [0.15, 0.2) is 113 Å². The van der Waals surface area contributed by atoms with Crippen LogP contribution in [0.1, 0.15) is 12.5 Å². The number of hydrogen-bond acceptors (Lipinski definition) is 3. The van der Waals surface area contributed by atoms with Crippen LogP contribution in [0.3, 0.4) is 0 Å². The molecule has 4 heteroatoms. The van der Waals surface area contributed by atoms with E-state index in [0.717, 1.165) is 48.0 Å². The minimum absolute atomic E-state index is 0.567. The van der Waals surface area contributed by atoms with Crippen molar-refractivity contribution in [3.63, 3.8) is 0 Å². The average Bonchev–Trinajstić information content (AvgIpc) is 2.99. The molecule has 0 saturated carbocycles. The fraction of sp³-hybridized carbons (Fsp3) is 0.103. The third-order valence-corrected chi connectivity index (χ3v) is 10.2. The third-order valence-electron chi connectivity index (χ3n) is 6.49. The Balaban J connectivity index is 1.70. The first-order chi connectivity index (χ1) is 16.1. The molecule has 1 heterocycles. The van der Waals surface area contributed by atoms with Crippen LogP contribution < -0.4 is 0 Å². The molecular formula is C29H22O2S2. The summed E-state index contributed by atoms with van der Waals surface area (Å²) in [6.45, 7) is 1.78. The van der Waals surface area contributed by atoms with Crippen molar-refractivity contribution in [3.05, 3.63) is 109 Å². The van der Waals surface area contributed by atoms with Gasteiger partial charge in [0.15, 0.2) is 0 Å². The van der Waals surface area contributed by atoms with Gasteiger partial charge in [0.25, 0.3) is 0 Å². The van der Waals surface area contributed by atoms with Crippen LogP contribution in [0.25, 0.3) is 32.7 Å². The molecule has 0 aromatic heterocycles. The highest BCUT2D eigenvalue weighted by Crippen LogP contribution is 2.52. The van der Waals surface area contributed by atoms with Gasteiger partial charge >= 0.3 is 0 Å². The van der Waals surface area contributed by atoms with Crippen LogP contribution in [0.5, 0.6) is 0 Å². The molecule has 0 aliphatic carbocycles. The van der Waals surface area contributed by atoms with Crippen LogP contribution >= 0.6 is 11.8 Å². The molecule has 33 heavy (non-hydrogen) atoms. The second-order valence-corrected chi connectivity index (χ2v) is 11.5.